The van der Waals surface area contributed by atoms with Gasteiger partial charge in [-0.2, -0.15) is 0 Å². The average molecular weight is 239 g/mol. The number of nitrogens with zero attached hydrogens (tertiary/aromatic N) is 1. The summed E-state index contributed by atoms with van der Waals surface area (Å²) in [4.78, 5) is 25.9. The minimum absolute atomic E-state index is 0.0654. The number of nitrogens with two attached hydrogens (primary N) is 1. The van der Waals surface area contributed by atoms with E-state index in [1.54, 1.807) is 12.1 Å². The summed E-state index contributed by atoms with van der Waals surface area (Å²) in [6.07, 6.45) is 1.34. The van der Waals surface area contributed by atoms with Gasteiger partial charge in [-0.05, 0) is 12.1 Å². The Bertz CT molecular complexity index is 405. The Balaban J connectivity index is 2.54. The Labute approximate surface area is 97.3 Å². The van der Waals surface area contributed by atoms with Gasteiger partial charge in [-0.25, -0.2) is 4.79 Å². The van der Waals surface area contributed by atoms with Crippen molar-refractivity contribution in [1.29, 1.82) is 0 Å². The first kappa shape index (κ1) is 12.9. The van der Waals surface area contributed by atoms with Gasteiger partial charge in [0.15, 0.2) is 0 Å². The predicted octanol–water partition coefficient (Wildman–Crippen LogP) is -1.23. The Hall–Kier alpha value is -2.15. The van der Waals surface area contributed by atoms with Gasteiger partial charge < -0.3 is 21.3 Å². The quantitative estimate of drug-likeness (QED) is 0.509. The van der Waals surface area contributed by atoms with Crippen LogP contribution in [0.5, 0.6) is 0 Å². The molecule has 5 N–H and O–H groups in total. The number of anilines is 1. The molecule has 0 aliphatic carbocycles. The molecule has 0 spiro atoms. The van der Waals surface area contributed by atoms with E-state index in [4.69, 9.17) is 15.9 Å². The number of hydrogen-bond donors (Lipinski definition) is 4. The molecular weight excluding hydrogens is 226 g/mol. The monoisotopic (exact) mass is 239 g/mol. The fourth-order valence-corrected chi connectivity index (χ4v) is 1.14. The number of nitrogens with one attached hydrogen (secondary N) is 1. The van der Waals surface area contributed by atoms with Crippen molar-refractivity contribution in [2.45, 2.75) is 12.5 Å². The number of pyridine rings is 1. The van der Waals surface area contributed by atoms with Gasteiger partial charge in [-0.1, -0.05) is 0 Å². The second-order valence-corrected chi connectivity index (χ2v) is 3.40. The first-order valence-electron chi connectivity index (χ1n) is 4.86. The third kappa shape index (κ3) is 4.07. The minimum atomic E-state index is -1.30. The smallest absolute Gasteiger partial charge is 0.328 e. The maximum absolute atomic E-state index is 11.4. The zero-order valence-corrected chi connectivity index (χ0v) is 8.96. The van der Waals surface area contributed by atoms with Crippen LogP contribution in [0.15, 0.2) is 18.3 Å². The molecule has 0 saturated carbocycles. The second-order valence-electron chi connectivity index (χ2n) is 3.40. The number of rotatable bonds is 5. The molecule has 1 aromatic heterocycles. The third-order valence-corrected chi connectivity index (χ3v) is 2.01. The zero-order chi connectivity index (χ0) is 12.8. The van der Waals surface area contributed by atoms with Crippen LogP contribution >= 0.6 is 0 Å². The van der Waals surface area contributed by atoms with Gasteiger partial charge in [-0.3, -0.25) is 9.78 Å². The van der Waals surface area contributed by atoms with E-state index >= 15 is 0 Å². The highest BCUT2D eigenvalue weighted by Crippen LogP contribution is 2.01. The number of hydrogen-bond acceptors (Lipinski definition) is 5. The molecule has 17 heavy (non-hydrogen) atoms. The van der Waals surface area contributed by atoms with Gasteiger partial charge in [0, 0.05) is 5.69 Å². The normalized spacial score (nSPS) is 11.8. The number of nitrogen functional groups attached to an aromatic ring is 1. The molecule has 0 fully saturated rings. The molecule has 0 radical (unpaired) electrons. The fraction of sp³-hybridized carbons (Fsp3) is 0.300. The van der Waals surface area contributed by atoms with Gasteiger partial charge in [-0.15, -0.1) is 0 Å². The maximum Gasteiger partial charge on any atom is 0.328 e. The van der Waals surface area contributed by atoms with E-state index in [0.717, 1.165) is 0 Å². The molecule has 0 aliphatic rings. The largest absolute Gasteiger partial charge is 0.480 e. The van der Waals surface area contributed by atoms with Gasteiger partial charge >= 0.3 is 5.97 Å². The first-order valence-corrected chi connectivity index (χ1v) is 4.86. The number of aliphatic carboxylic acids is 1. The number of aliphatic hydroxyl groups excluding tert-OH is 1. The molecule has 0 aliphatic heterocycles. The summed E-state index contributed by atoms with van der Waals surface area (Å²) in [5.41, 5.74) is 6.38. The number of aliphatic hydroxyl groups is 1. The lowest BCUT2D eigenvalue weighted by atomic mass is 10.2. The molecule has 92 valence electrons. The summed E-state index contributed by atoms with van der Waals surface area (Å²) in [6, 6.07) is 1.87. The van der Waals surface area contributed by atoms with E-state index in [0.29, 0.717) is 11.4 Å². The van der Waals surface area contributed by atoms with Gasteiger partial charge in [0.1, 0.15) is 6.04 Å². The maximum atomic E-state index is 11.4. The molecule has 1 atom stereocenters. The summed E-state index contributed by atoms with van der Waals surface area (Å²) in [5.74, 6) is -1.81. The summed E-state index contributed by atoms with van der Waals surface area (Å²) in [6.45, 7) is -0.657. The van der Waals surface area contributed by atoms with E-state index in [2.05, 4.69) is 10.3 Å². The van der Waals surface area contributed by atoms with Gasteiger partial charge in [0.05, 0.1) is 24.9 Å². The van der Waals surface area contributed by atoms with Crippen molar-refractivity contribution < 1.29 is 19.8 Å². The Kier molecular flexibility index (Phi) is 4.41. The van der Waals surface area contributed by atoms with Crippen LogP contribution in [-0.4, -0.2) is 39.7 Å². The number of carbonyl (C=O) groups excluding carboxylic acids is 1. The van der Waals surface area contributed by atoms with Crippen molar-refractivity contribution in [3.05, 3.63) is 24.0 Å². The number of amides is 1. The summed E-state index contributed by atoms with van der Waals surface area (Å²) in [7, 11) is 0. The van der Waals surface area contributed by atoms with Crippen molar-refractivity contribution in [3.8, 4) is 0 Å². The molecular formula is C10H13N3O4. The fourth-order valence-electron chi connectivity index (χ4n) is 1.14. The molecule has 1 rings (SSSR count). The molecule has 7 heteroatoms. The van der Waals surface area contributed by atoms with Crippen LogP contribution in [0, 0.1) is 0 Å². The highest BCUT2D eigenvalue weighted by Gasteiger charge is 2.18. The molecule has 7 nitrogen and oxygen atoms in total. The predicted molar refractivity (Wildman–Crippen MR) is 59.0 cm³/mol. The molecule has 0 saturated heterocycles. The standard InChI is InChI=1S/C10H13N3O4/c11-6-1-2-7(12-4-6)3-9(15)13-8(5-14)10(16)17/h1-2,4,8,14H,3,5,11H2,(H,13,15)(H,16,17)/t8-/m1/s1. The van der Waals surface area contributed by atoms with E-state index < -0.39 is 24.5 Å². The lowest BCUT2D eigenvalue weighted by Gasteiger charge is -2.11. The Morgan fingerprint density at radius 2 is 2.18 bits per heavy atom. The molecule has 0 bridgehead atoms. The van der Waals surface area contributed by atoms with Crippen LogP contribution in [0.2, 0.25) is 0 Å². The van der Waals surface area contributed by atoms with Crippen molar-refractivity contribution in [2.24, 2.45) is 0 Å². The third-order valence-electron chi connectivity index (χ3n) is 2.01. The van der Waals surface area contributed by atoms with Crippen LogP contribution in [0.3, 0.4) is 0 Å². The Morgan fingerprint density at radius 1 is 1.47 bits per heavy atom. The summed E-state index contributed by atoms with van der Waals surface area (Å²) < 4.78 is 0. The lowest BCUT2D eigenvalue weighted by molar-refractivity contribution is -0.142. The molecule has 0 unspecified atom stereocenters. The van der Waals surface area contributed by atoms with Crippen molar-refractivity contribution in [2.75, 3.05) is 12.3 Å². The number of carboxylic acids is 1. The van der Waals surface area contributed by atoms with Gasteiger partial charge in [0.2, 0.25) is 5.91 Å². The number of aromatic nitrogens is 1. The lowest BCUT2D eigenvalue weighted by Crippen LogP contribution is -2.44. The summed E-state index contributed by atoms with van der Waals surface area (Å²) >= 11 is 0. The SMILES string of the molecule is Nc1ccc(CC(=O)N[C@H](CO)C(=O)O)nc1. The molecule has 1 amide bonds. The highest BCUT2D eigenvalue weighted by molar-refractivity contribution is 5.84. The number of carbonyl (C=O) groups is 2. The minimum Gasteiger partial charge on any atom is -0.480 e. The van der Waals surface area contributed by atoms with Crippen LogP contribution < -0.4 is 11.1 Å². The van der Waals surface area contributed by atoms with E-state index in [1.807, 2.05) is 0 Å². The van der Waals surface area contributed by atoms with E-state index in [-0.39, 0.29) is 6.42 Å². The summed E-state index contributed by atoms with van der Waals surface area (Å²) in [5, 5.41) is 19.5. The number of carboxylic acid groups (broad SMARTS) is 1. The van der Waals surface area contributed by atoms with Crippen molar-refractivity contribution in [1.82, 2.24) is 10.3 Å². The van der Waals surface area contributed by atoms with Crippen molar-refractivity contribution >= 4 is 17.6 Å². The first-order chi connectivity index (χ1) is 8.02. The van der Waals surface area contributed by atoms with Crippen LogP contribution in [-0.2, 0) is 16.0 Å². The molecule has 1 heterocycles. The van der Waals surface area contributed by atoms with E-state index in [1.165, 1.54) is 6.20 Å². The van der Waals surface area contributed by atoms with Crippen LogP contribution in [0.4, 0.5) is 5.69 Å². The van der Waals surface area contributed by atoms with E-state index in [9.17, 15) is 9.59 Å². The van der Waals surface area contributed by atoms with Gasteiger partial charge in [0.25, 0.3) is 0 Å². The van der Waals surface area contributed by atoms with Crippen LogP contribution in [0.1, 0.15) is 5.69 Å². The topological polar surface area (TPSA) is 126 Å². The zero-order valence-electron chi connectivity index (χ0n) is 8.96. The van der Waals surface area contributed by atoms with Crippen LogP contribution in [0.25, 0.3) is 0 Å². The second kappa shape index (κ2) is 5.80. The molecule has 1 aromatic rings. The van der Waals surface area contributed by atoms with Crippen molar-refractivity contribution in [3.63, 3.8) is 0 Å². The average Bonchev–Trinajstić information content (AvgIpc) is 2.28. The Morgan fingerprint density at radius 3 is 2.65 bits per heavy atom. The molecule has 0 aromatic carbocycles. The highest BCUT2D eigenvalue weighted by atomic mass is 16.4.